The van der Waals surface area contributed by atoms with Crippen LogP contribution in [0, 0.1) is 5.41 Å². The van der Waals surface area contributed by atoms with Crippen LogP contribution in [-0.2, 0) is 14.6 Å². The van der Waals surface area contributed by atoms with E-state index in [2.05, 4.69) is 0 Å². The van der Waals surface area contributed by atoms with Gasteiger partial charge in [0.25, 0.3) is 5.91 Å². The fraction of sp³-hybridized carbons (Fsp3) is 0.407. The Kier molecular flexibility index (Phi) is 7.60. The molecule has 0 saturated carbocycles. The van der Waals surface area contributed by atoms with Gasteiger partial charge >= 0.3 is 0 Å². The third kappa shape index (κ3) is 6.31. The van der Waals surface area contributed by atoms with Crippen molar-refractivity contribution in [3.05, 3.63) is 71.1 Å². The van der Waals surface area contributed by atoms with Gasteiger partial charge in [-0.3, -0.25) is 9.59 Å². The molecule has 0 radical (unpaired) electrons. The highest BCUT2D eigenvalue weighted by atomic mass is 32.2. The number of sulfone groups is 1. The highest BCUT2D eigenvalue weighted by Crippen LogP contribution is 2.40. The van der Waals surface area contributed by atoms with E-state index in [1.54, 1.807) is 17.0 Å². The number of rotatable bonds is 7. The maximum atomic E-state index is 12.9. The zero-order valence-corrected chi connectivity index (χ0v) is 20.9. The van der Waals surface area contributed by atoms with Gasteiger partial charge in [-0.1, -0.05) is 30.3 Å². The molecule has 1 spiro atoms. The molecule has 0 bridgehead atoms. The van der Waals surface area contributed by atoms with Crippen molar-refractivity contribution in [1.82, 2.24) is 9.80 Å². The van der Waals surface area contributed by atoms with Gasteiger partial charge in [0.05, 0.1) is 6.61 Å². The largest absolute Gasteiger partial charge is 0.494 e. The molecule has 35 heavy (non-hydrogen) atoms. The molecule has 0 N–H and O–H groups in total. The van der Waals surface area contributed by atoms with E-state index in [9.17, 15) is 18.0 Å². The van der Waals surface area contributed by atoms with Crippen molar-refractivity contribution >= 4 is 27.7 Å². The maximum Gasteiger partial charge on any atom is 0.253 e. The molecule has 0 aliphatic carbocycles. The van der Waals surface area contributed by atoms with Gasteiger partial charge < -0.3 is 14.5 Å². The minimum atomic E-state index is -3.65. The van der Waals surface area contributed by atoms with Crippen molar-refractivity contribution < 1.29 is 22.7 Å². The van der Waals surface area contributed by atoms with Crippen LogP contribution >= 0.6 is 0 Å². The predicted octanol–water partition coefficient (Wildman–Crippen LogP) is 3.63. The second-order valence-electron chi connectivity index (χ2n) is 9.34. The zero-order chi connectivity index (χ0) is 24.9. The molecule has 0 atom stereocenters. The Labute approximate surface area is 207 Å². The molecule has 2 saturated heterocycles. The van der Waals surface area contributed by atoms with Crippen LogP contribution in [0.2, 0.25) is 0 Å². The van der Waals surface area contributed by atoms with E-state index >= 15 is 0 Å². The summed E-state index contributed by atoms with van der Waals surface area (Å²) in [5, 5.41) is 1.12. The Hall–Kier alpha value is -3.13. The Balaban J connectivity index is 1.29. The summed E-state index contributed by atoms with van der Waals surface area (Å²) < 4.78 is 30.4. The van der Waals surface area contributed by atoms with Gasteiger partial charge in [-0.2, -0.15) is 0 Å². The van der Waals surface area contributed by atoms with Gasteiger partial charge in [0, 0.05) is 37.2 Å². The summed E-state index contributed by atoms with van der Waals surface area (Å²) in [7, 11) is -3.65. The van der Waals surface area contributed by atoms with Crippen molar-refractivity contribution in [2.45, 2.75) is 26.2 Å². The molecule has 7 nitrogen and oxygen atoms in total. The first-order valence-electron chi connectivity index (χ1n) is 12.0. The molecule has 2 fully saturated rings. The van der Waals surface area contributed by atoms with E-state index in [0.29, 0.717) is 38.3 Å². The van der Waals surface area contributed by atoms with Crippen LogP contribution in [0.3, 0.4) is 0 Å². The number of carbonyl (C=O) groups excluding carboxylic acids is 2. The third-order valence-corrected chi connectivity index (χ3v) is 8.11. The summed E-state index contributed by atoms with van der Waals surface area (Å²) in [5.74, 6) is -0.123. The molecule has 0 aromatic heterocycles. The number of hydrogen-bond acceptors (Lipinski definition) is 5. The van der Waals surface area contributed by atoms with Crippen LogP contribution in [0.5, 0.6) is 5.75 Å². The molecule has 8 heteroatoms. The second-order valence-corrected chi connectivity index (χ2v) is 11.2. The van der Waals surface area contributed by atoms with Crippen LogP contribution < -0.4 is 4.74 Å². The molecule has 2 aliphatic rings. The molecule has 2 aromatic rings. The monoisotopic (exact) mass is 496 g/mol. The Morgan fingerprint density at radius 2 is 1.57 bits per heavy atom. The summed E-state index contributed by atoms with van der Waals surface area (Å²) >= 11 is 0. The van der Waals surface area contributed by atoms with Gasteiger partial charge in [-0.05, 0) is 67.5 Å². The van der Waals surface area contributed by atoms with Crippen molar-refractivity contribution in [2.24, 2.45) is 5.41 Å². The van der Waals surface area contributed by atoms with E-state index < -0.39 is 15.6 Å². The minimum Gasteiger partial charge on any atom is -0.494 e. The van der Waals surface area contributed by atoms with Crippen molar-refractivity contribution in [2.75, 3.05) is 38.5 Å². The normalized spacial score (nSPS) is 17.7. The van der Waals surface area contributed by atoms with Crippen LogP contribution in [0.25, 0.3) is 6.08 Å². The lowest BCUT2D eigenvalue weighted by Crippen LogP contribution is -2.45. The fourth-order valence-electron chi connectivity index (χ4n) is 4.84. The summed E-state index contributed by atoms with van der Waals surface area (Å²) in [6.07, 6.45) is 3.97. The summed E-state index contributed by atoms with van der Waals surface area (Å²) in [6, 6.07) is 16.4. The average Bonchev–Trinajstić information content (AvgIpc) is 3.28. The number of nitrogens with zero attached hydrogens (tertiary/aromatic N) is 2. The molecular formula is C27H32N2O5S. The van der Waals surface area contributed by atoms with Crippen molar-refractivity contribution in [3.63, 3.8) is 0 Å². The first-order chi connectivity index (χ1) is 16.8. The van der Waals surface area contributed by atoms with Gasteiger partial charge in [0.1, 0.15) is 11.5 Å². The number of amides is 2. The van der Waals surface area contributed by atoms with Crippen LogP contribution in [0.4, 0.5) is 0 Å². The number of piperidine rings is 1. The molecule has 0 unspecified atom stereocenters. The van der Waals surface area contributed by atoms with Crippen LogP contribution in [0.15, 0.2) is 60.0 Å². The summed E-state index contributed by atoms with van der Waals surface area (Å²) in [4.78, 5) is 29.2. The van der Waals surface area contributed by atoms with Crippen LogP contribution in [-0.4, -0.2) is 68.6 Å². The lowest BCUT2D eigenvalue weighted by atomic mass is 9.77. The molecule has 2 aliphatic heterocycles. The maximum absolute atomic E-state index is 12.9. The molecule has 2 amide bonds. The van der Waals surface area contributed by atoms with E-state index in [1.165, 1.54) is 6.08 Å². The zero-order valence-electron chi connectivity index (χ0n) is 20.1. The lowest BCUT2D eigenvalue weighted by Gasteiger charge is -2.39. The highest BCUT2D eigenvalue weighted by molar-refractivity contribution is 7.95. The number of hydrogen-bond donors (Lipinski definition) is 0. The summed E-state index contributed by atoms with van der Waals surface area (Å²) in [5.41, 5.74) is 1.37. The molecule has 2 aromatic carbocycles. The topological polar surface area (TPSA) is 84.0 Å². The van der Waals surface area contributed by atoms with Gasteiger partial charge in [0.2, 0.25) is 5.91 Å². The second kappa shape index (κ2) is 10.6. The van der Waals surface area contributed by atoms with Gasteiger partial charge in [-0.15, -0.1) is 0 Å². The Bertz CT molecular complexity index is 1170. The first-order valence-corrected chi connectivity index (χ1v) is 13.8. The van der Waals surface area contributed by atoms with E-state index in [4.69, 9.17) is 4.74 Å². The number of carbonyl (C=O) groups is 2. The lowest BCUT2D eigenvalue weighted by molar-refractivity contribution is -0.128. The van der Waals surface area contributed by atoms with Crippen molar-refractivity contribution in [3.8, 4) is 5.75 Å². The predicted molar refractivity (Wildman–Crippen MR) is 136 cm³/mol. The Morgan fingerprint density at radius 3 is 2.20 bits per heavy atom. The van der Waals surface area contributed by atoms with Crippen molar-refractivity contribution in [1.29, 1.82) is 0 Å². The highest BCUT2D eigenvalue weighted by Gasteiger charge is 2.43. The van der Waals surface area contributed by atoms with Crippen LogP contribution in [0.1, 0.15) is 42.1 Å². The van der Waals surface area contributed by atoms with Gasteiger partial charge in [-0.25, -0.2) is 8.42 Å². The standard InChI is InChI=1S/C27H32N2O5S/c1-2-34-24-10-8-23(9-11-24)26(31)28-16-13-27(14-17-28)15-18-29(21-27)25(30)20-35(32,33)19-12-22-6-4-3-5-7-22/h3-12,19H,2,13-18,20-21H2,1H3/b19-12+. The molecule has 186 valence electrons. The number of ether oxygens (including phenoxy) is 1. The first kappa shape index (κ1) is 25.0. The quantitative estimate of drug-likeness (QED) is 0.585. The van der Waals surface area contributed by atoms with Gasteiger partial charge in [0.15, 0.2) is 9.84 Å². The third-order valence-electron chi connectivity index (χ3n) is 6.91. The average molecular weight is 497 g/mol. The minimum absolute atomic E-state index is 0.00474. The smallest absolute Gasteiger partial charge is 0.253 e. The molecule has 2 heterocycles. The number of likely N-dealkylation sites (tertiary alicyclic amines) is 2. The van der Waals surface area contributed by atoms with E-state index in [0.717, 1.165) is 36.0 Å². The molecule has 4 rings (SSSR count). The van der Waals surface area contributed by atoms with E-state index in [1.807, 2.05) is 54.3 Å². The Morgan fingerprint density at radius 1 is 0.943 bits per heavy atom. The van der Waals surface area contributed by atoms with E-state index in [-0.39, 0.29) is 17.2 Å². The fourth-order valence-corrected chi connectivity index (χ4v) is 5.83. The SMILES string of the molecule is CCOc1ccc(C(=O)N2CCC3(CCN(C(=O)CS(=O)(=O)/C=C/c4ccccc4)C3)CC2)cc1. The molecular weight excluding hydrogens is 464 g/mol. The number of benzene rings is 2. The summed E-state index contributed by atoms with van der Waals surface area (Å²) in [6.45, 7) is 4.87.